The number of hydrogen-bond acceptors (Lipinski definition) is 2. The van der Waals surface area contributed by atoms with Crippen molar-refractivity contribution in [3.05, 3.63) is 29.8 Å². The standard InChI is InChI=1S/C15H20N2O/c1-3-12(11-16)9-10-15(18)17-14-8-6-5-7-13(14)4-2/h5-8,12H,3-4,9-10H2,1-2H3,(H,17,18). The Labute approximate surface area is 109 Å². The van der Waals surface area contributed by atoms with Crippen molar-refractivity contribution in [2.45, 2.75) is 39.5 Å². The predicted octanol–water partition coefficient (Wildman–Crippen LogP) is 3.52. The highest BCUT2D eigenvalue weighted by molar-refractivity contribution is 5.91. The van der Waals surface area contributed by atoms with Crippen LogP contribution in [0.15, 0.2) is 24.3 Å². The van der Waals surface area contributed by atoms with Gasteiger partial charge in [-0.1, -0.05) is 32.0 Å². The fourth-order valence-corrected chi connectivity index (χ4v) is 1.83. The van der Waals surface area contributed by atoms with Crippen molar-refractivity contribution in [2.75, 3.05) is 5.32 Å². The van der Waals surface area contributed by atoms with Crippen LogP contribution in [0.2, 0.25) is 0 Å². The number of rotatable bonds is 6. The van der Waals surface area contributed by atoms with E-state index < -0.39 is 0 Å². The fraction of sp³-hybridized carbons (Fsp3) is 0.467. The molecule has 0 spiro atoms. The maximum absolute atomic E-state index is 11.8. The Bertz CT molecular complexity index is 434. The molecule has 0 fully saturated rings. The SMILES string of the molecule is CCc1ccccc1NC(=O)CCC(C#N)CC. The number of para-hydroxylation sites is 1. The summed E-state index contributed by atoms with van der Waals surface area (Å²) in [5, 5.41) is 11.7. The maximum atomic E-state index is 11.8. The molecular weight excluding hydrogens is 224 g/mol. The van der Waals surface area contributed by atoms with Gasteiger partial charge in [0.15, 0.2) is 0 Å². The van der Waals surface area contributed by atoms with E-state index in [9.17, 15) is 4.79 Å². The Morgan fingerprint density at radius 1 is 1.39 bits per heavy atom. The van der Waals surface area contributed by atoms with Crippen LogP contribution in [0.4, 0.5) is 5.69 Å². The highest BCUT2D eigenvalue weighted by atomic mass is 16.1. The lowest BCUT2D eigenvalue weighted by molar-refractivity contribution is -0.116. The summed E-state index contributed by atoms with van der Waals surface area (Å²) in [6.45, 7) is 4.03. The van der Waals surface area contributed by atoms with Gasteiger partial charge in [-0.15, -0.1) is 0 Å². The third-order valence-electron chi connectivity index (χ3n) is 3.07. The first-order chi connectivity index (χ1) is 8.71. The van der Waals surface area contributed by atoms with Gasteiger partial charge in [-0.05, 0) is 30.9 Å². The third kappa shape index (κ3) is 4.21. The van der Waals surface area contributed by atoms with Gasteiger partial charge in [0.2, 0.25) is 5.91 Å². The maximum Gasteiger partial charge on any atom is 0.224 e. The van der Waals surface area contributed by atoms with Crippen molar-refractivity contribution in [3.63, 3.8) is 0 Å². The Morgan fingerprint density at radius 2 is 2.11 bits per heavy atom. The second kappa shape index (κ2) is 7.50. The molecule has 1 unspecified atom stereocenters. The van der Waals surface area contributed by atoms with Crippen LogP contribution in [-0.2, 0) is 11.2 Å². The predicted molar refractivity (Wildman–Crippen MR) is 73.1 cm³/mol. The zero-order valence-corrected chi connectivity index (χ0v) is 11.1. The fourth-order valence-electron chi connectivity index (χ4n) is 1.83. The minimum atomic E-state index is -0.0165. The van der Waals surface area contributed by atoms with E-state index in [-0.39, 0.29) is 11.8 Å². The number of hydrogen-bond donors (Lipinski definition) is 1. The molecule has 0 radical (unpaired) electrons. The summed E-state index contributed by atoms with van der Waals surface area (Å²) in [7, 11) is 0. The molecule has 3 nitrogen and oxygen atoms in total. The smallest absolute Gasteiger partial charge is 0.224 e. The molecule has 0 bridgehead atoms. The van der Waals surface area contributed by atoms with E-state index in [1.165, 1.54) is 0 Å². The van der Waals surface area contributed by atoms with E-state index in [0.717, 1.165) is 24.1 Å². The molecular formula is C15H20N2O. The number of carbonyl (C=O) groups is 1. The molecule has 0 aromatic heterocycles. The van der Waals surface area contributed by atoms with E-state index >= 15 is 0 Å². The molecule has 1 atom stereocenters. The number of nitrogens with zero attached hydrogens (tertiary/aromatic N) is 1. The summed E-state index contributed by atoms with van der Waals surface area (Å²) in [5.74, 6) is -0.0261. The highest BCUT2D eigenvalue weighted by Crippen LogP contribution is 2.16. The lowest BCUT2D eigenvalue weighted by atomic mass is 10.0. The van der Waals surface area contributed by atoms with Crippen LogP contribution in [0.3, 0.4) is 0 Å². The van der Waals surface area contributed by atoms with Gasteiger partial charge in [0.05, 0.1) is 6.07 Å². The van der Waals surface area contributed by atoms with Crippen molar-refractivity contribution in [3.8, 4) is 6.07 Å². The summed E-state index contributed by atoms with van der Waals surface area (Å²) in [5.41, 5.74) is 2.02. The molecule has 96 valence electrons. The zero-order chi connectivity index (χ0) is 13.4. The van der Waals surface area contributed by atoms with Gasteiger partial charge in [0.1, 0.15) is 0 Å². The van der Waals surface area contributed by atoms with Crippen molar-refractivity contribution >= 4 is 11.6 Å². The molecule has 0 saturated carbocycles. The van der Waals surface area contributed by atoms with Gasteiger partial charge in [-0.2, -0.15) is 5.26 Å². The Balaban J connectivity index is 2.52. The van der Waals surface area contributed by atoms with Crippen molar-refractivity contribution < 1.29 is 4.79 Å². The molecule has 1 N–H and O–H groups in total. The topological polar surface area (TPSA) is 52.9 Å². The third-order valence-corrected chi connectivity index (χ3v) is 3.07. The monoisotopic (exact) mass is 244 g/mol. The first-order valence-corrected chi connectivity index (χ1v) is 6.48. The summed E-state index contributed by atoms with van der Waals surface area (Å²) in [4.78, 5) is 11.8. The first kappa shape index (κ1) is 14.2. The number of carbonyl (C=O) groups excluding carboxylic acids is 1. The van der Waals surface area contributed by atoms with E-state index in [1.54, 1.807) is 0 Å². The van der Waals surface area contributed by atoms with Crippen molar-refractivity contribution in [1.82, 2.24) is 0 Å². The minimum absolute atomic E-state index is 0.00963. The molecule has 18 heavy (non-hydrogen) atoms. The summed E-state index contributed by atoms with van der Waals surface area (Å²) < 4.78 is 0. The van der Waals surface area contributed by atoms with E-state index in [4.69, 9.17) is 5.26 Å². The van der Waals surface area contributed by atoms with Gasteiger partial charge in [0, 0.05) is 18.0 Å². The molecule has 0 aliphatic carbocycles. The Hall–Kier alpha value is -1.82. The summed E-state index contributed by atoms with van der Waals surface area (Å²) >= 11 is 0. The normalized spacial score (nSPS) is 11.6. The molecule has 0 aliphatic heterocycles. The van der Waals surface area contributed by atoms with Crippen molar-refractivity contribution in [2.24, 2.45) is 5.92 Å². The van der Waals surface area contributed by atoms with Crippen LogP contribution in [0.25, 0.3) is 0 Å². The van der Waals surface area contributed by atoms with Gasteiger partial charge in [-0.3, -0.25) is 4.79 Å². The average molecular weight is 244 g/mol. The van der Waals surface area contributed by atoms with Gasteiger partial charge >= 0.3 is 0 Å². The quantitative estimate of drug-likeness (QED) is 0.832. The molecule has 1 aromatic rings. The molecule has 1 amide bonds. The van der Waals surface area contributed by atoms with E-state index in [2.05, 4.69) is 18.3 Å². The van der Waals surface area contributed by atoms with Gasteiger partial charge in [-0.25, -0.2) is 0 Å². The lowest BCUT2D eigenvalue weighted by Gasteiger charge is -2.10. The van der Waals surface area contributed by atoms with Crippen molar-refractivity contribution in [1.29, 1.82) is 5.26 Å². The van der Waals surface area contributed by atoms with Crippen LogP contribution in [0, 0.1) is 17.2 Å². The Morgan fingerprint density at radius 3 is 2.72 bits per heavy atom. The molecule has 3 heteroatoms. The number of amides is 1. The lowest BCUT2D eigenvalue weighted by Crippen LogP contribution is -2.14. The van der Waals surface area contributed by atoms with E-state index in [0.29, 0.717) is 12.8 Å². The van der Waals surface area contributed by atoms with Gasteiger partial charge < -0.3 is 5.32 Å². The number of anilines is 1. The molecule has 0 saturated heterocycles. The number of nitriles is 1. The zero-order valence-electron chi connectivity index (χ0n) is 11.1. The van der Waals surface area contributed by atoms with Crippen LogP contribution in [0.1, 0.15) is 38.7 Å². The summed E-state index contributed by atoms with van der Waals surface area (Å²) in [6.07, 6.45) is 2.73. The van der Waals surface area contributed by atoms with E-state index in [1.807, 2.05) is 31.2 Å². The molecule has 0 aliphatic rings. The molecule has 1 aromatic carbocycles. The Kier molecular flexibility index (Phi) is 5.93. The largest absolute Gasteiger partial charge is 0.326 e. The second-order valence-electron chi connectivity index (χ2n) is 4.33. The minimum Gasteiger partial charge on any atom is -0.326 e. The molecule has 1 rings (SSSR count). The average Bonchev–Trinajstić information content (AvgIpc) is 2.40. The van der Waals surface area contributed by atoms with Crippen LogP contribution in [-0.4, -0.2) is 5.91 Å². The summed E-state index contributed by atoms with van der Waals surface area (Å²) in [6, 6.07) is 10.0. The number of benzene rings is 1. The van der Waals surface area contributed by atoms with Gasteiger partial charge in [0.25, 0.3) is 0 Å². The number of nitrogens with one attached hydrogen (secondary N) is 1. The van der Waals surface area contributed by atoms with Crippen LogP contribution < -0.4 is 5.32 Å². The number of aryl methyl sites for hydroxylation is 1. The second-order valence-corrected chi connectivity index (χ2v) is 4.33. The van der Waals surface area contributed by atoms with Crippen LogP contribution in [0.5, 0.6) is 0 Å². The molecule has 0 heterocycles. The van der Waals surface area contributed by atoms with Crippen LogP contribution >= 0.6 is 0 Å². The highest BCUT2D eigenvalue weighted by Gasteiger charge is 2.09. The first-order valence-electron chi connectivity index (χ1n) is 6.48.